The van der Waals surface area contributed by atoms with Crippen molar-refractivity contribution in [2.24, 2.45) is 11.8 Å². The fraction of sp³-hybridized carbons (Fsp3) is 0.909. The molecule has 15 heavy (non-hydrogen) atoms. The van der Waals surface area contributed by atoms with E-state index >= 15 is 0 Å². The molecule has 0 spiro atoms. The number of nitrogens with one attached hydrogen (secondary N) is 1. The predicted octanol–water partition coefficient (Wildman–Crippen LogP) is 0.866. The molecule has 2 rings (SSSR count). The van der Waals surface area contributed by atoms with Gasteiger partial charge in [0.1, 0.15) is 6.04 Å². The Hall–Kier alpha value is -0.610. The van der Waals surface area contributed by atoms with Crippen molar-refractivity contribution in [2.75, 3.05) is 19.8 Å². The van der Waals surface area contributed by atoms with Gasteiger partial charge in [-0.05, 0) is 44.1 Å². The van der Waals surface area contributed by atoms with E-state index in [4.69, 9.17) is 9.84 Å². The number of carboxylic acid groups (broad SMARTS) is 1. The van der Waals surface area contributed by atoms with Crippen LogP contribution in [-0.4, -0.2) is 36.9 Å². The SMILES string of the molecule is O=C(O)C1CC(CC2CCCOC2)CN1. The molecule has 2 aliphatic heterocycles. The molecule has 0 amide bonds. The zero-order valence-electron chi connectivity index (χ0n) is 8.95. The molecule has 4 heteroatoms. The summed E-state index contributed by atoms with van der Waals surface area (Å²) in [6, 6.07) is -0.320. The van der Waals surface area contributed by atoms with Crippen molar-refractivity contribution in [3.8, 4) is 0 Å². The molecule has 2 N–H and O–H groups in total. The fourth-order valence-corrected chi connectivity index (χ4v) is 2.64. The molecular formula is C11H19NO3. The fourth-order valence-electron chi connectivity index (χ4n) is 2.64. The second-order valence-electron chi connectivity index (χ2n) is 4.72. The van der Waals surface area contributed by atoms with Gasteiger partial charge in [-0.1, -0.05) is 0 Å². The van der Waals surface area contributed by atoms with Crippen LogP contribution < -0.4 is 5.32 Å². The number of carbonyl (C=O) groups is 1. The molecule has 0 radical (unpaired) electrons. The maximum Gasteiger partial charge on any atom is 0.320 e. The smallest absolute Gasteiger partial charge is 0.320 e. The van der Waals surface area contributed by atoms with Gasteiger partial charge in [0.25, 0.3) is 0 Å². The minimum atomic E-state index is -0.711. The third kappa shape index (κ3) is 2.92. The van der Waals surface area contributed by atoms with Crippen molar-refractivity contribution >= 4 is 5.97 Å². The summed E-state index contributed by atoms with van der Waals surface area (Å²) in [5.74, 6) is 0.466. The van der Waals surface area contributed by atoms with E-state index < -0.39 is 5.97 Å². The van der Waals surface area contributed by atoms with Crippen molar-refractivity contribution in [1.82, 2.24) is 5.32 Å². The van der Waals surface area contributed by atoms with Crippen LogP contribution in [0.3, 0.4) is 0 Å². The summed E-state index contributed by atoms with van der Waals surface area (Å²) in [6.45, 7) is 2.62. The van der Waals surface area contributed by atoms with Crippen LogP contribution >= 0.6 is 0 Å². The molecule has 3 unspecified atom stereocenters. The third-order valence-electron chi connectivity index (χ3n) is 3.44. The Kier molecular flexibility index (Phi) is 3.59. The van der Waals surface area contributed by atoms with Crippen LogP contribution in [0.2, 0.25) is 0 Å². The van der Waals surface area contributed by atoms with Gasteiger partial charge in [0.05, 0.1) is 0 Å². The Balaban J connectivity index is 1.74. The lowest BCUT2D eigenvalue weighted by Crippen LogP contribution is -2.29. The Morgan fingerprint density at radius 1 is 1.47 bits per heavy atom. The van der Waals surface area contributed by atoms with Gasteiger partial charge in [0, 0.05) is 13.2 Å². The summed E-state index contributed by atoms with van der Waals surface area (Å²) in [7, 11) is 0. The number of rotatable bonds is 3. The number of ether oxygens (including phenoxy) is 1. The maximum atomic E-state index is 10.8. The van der Waals surface area contributed by atoms with Crippen LogP contribution in [0.5, 0.6) is 0 Å². The summed E-state index contributed by atoms with van der Waals surface area (Å²) < 4.78 is 5.43. The van der Waals surface area contributed by atoms with E-state index in [-0.39, 0.29) is 6.04 Å². The monoisotopic (exact) mass is 213 g/mol. The van der Waals surface area contributed by atoms with Gasteiger partial charge < -0.3 is 15.2 Å². The van der Waals surface area contributed by atoms with E-state index in [0.717, 1.165) is 39.0 Å². The van der Waals surface area contributed by atoms with E-state index in [0.29, 0.717) is 11.8 Å². The lowest BCUT2D eigenvalue weighted by atomic mass is 9.89. The Bertz CT molecular complexity index is 226. The second-order valence-corrected chi connectivity index (χ2v) is 4.72. The highest BCUT2D eigenvalue weighted by atomic mass is 16.5. The second kappa shape index (κ2) is 4.94. The average molecular weight is 213 g/mol. The zero-order chi connectivity index (χ0) is 10.7. The lowest BCUT2D eigenvalue weighted by molar-refractivity contribution is -0.139. The molecule has 0 aromatic heterocycles. The van der Waals surface area contributed by atoms with Gasteiger partial charge in [0.2, 0.25) is 0 Å². The zero-order valence-corrected chi connectivity index (χ0v) is 8.95. The normalized spacial score (nSPS) is 36.7. The van der Waals surface area contributed by atoms with Crippen molar-refractivity contribution in [3.05, 3.63) is 0 Å². The molecule has 0 bridgehead atoms. The van der Waals surface area contributed by atoms with E-state index in [9.17, 15) is 4.79 Å². The first kappa shape index (κ1) is 10.9. The molecule has 0 aromatic carbocycles. The van der Waals surface area contributed by atoms with E-state index in [1.807, 2.05) is 0 Å². The maximum absolute atomic E-state index is 10.8. The average Bonchev–Trinajstić information content (AvgIpc) is 2.68. The molecule has 4 nitrogen and oxygen atoms in total. The molecule has 2 fully saturated rings. The lowest BCUT2D eigenvalue weighted by Gasteiger charge is -2.24. The molecular weight excluding hydrogens is 194 g/mol. The molecule has 0 aromatic rings. The Labute approximate surface area is 90.0 Å². The number of carboxylic acids is 1. The topological polar surface area (TPSA) is 58.6 Å². The van der Waals surface area contributed by atoms with Gasteiger partial charge in [-0.2, -0.15) is 0 Å². The summed E-state index contributed by atoms with van der Waals surface area (Å²) in [5.41, 5.74) is 0. The standard InChI is InChI=1S/C11H19NO3/c13-11(14)10-5-9(6-12-10)4-8-2-1-3-15-7-8/h8-10,12H,1-7H2,(H,13,14). The van der Waals surface area contributed by atoms with Crippen molar-refractivity contribution in [3.63, 3.8) is 0 Å². The predicted molar refractivity (Wildman–Crippen MR) is 55.7 cm³/mol. The minimum absolute atomic E-state index is 0.320. The number of hydrogen-bond donors (Lipinski definition) is 2. The van der Waals surface area contributed by atoms with Gasteiger partial charge in [-0.25, -0.2) is 0 Å². The van der Waals surface area contributed by atoms with Gasteiger partial charge in [0.15, 0.2) is 0 Å². The number of aliphatic carboxylic acids is 1. The Morgan fingerprint density at radius 2 is 2.33 bits per heavy atom. The summed E-state index contributed by atoms with van der Waals surface area (Å²) in [6.07, 6.45) is 4.31. The van der Waals surface area contributed by atoms with Crippen LogP contribution in [0.4, 0.5) is 0 Å². The largest absolute Gasteiger partial charge is 0.480 e. The van der Waals surface area contributed by atoms with Crippen LogP contribution in [0, 0.1) is 11.8 Å². The molecule has 3 atom stereocenters. The first-order valence-corrected chi connectivity index (χ1v) is 5.79. The minimum Gasteiger partial charge on any atom is -0.480 e. The van der Waals surface area contributed by atoms with Crippen LogP contribution in [0.25, 0.3) is 0 Å². The highest BCUT2D eigenvalue weighted by Gasteiger charge is 2.30. The van der Waals surface area contributed by atoms with E-state index in [1.165, 1.54) is 6.42 Å². The van der Waals surface area contributed by atoms with Crippen LogP contribution in [0.15, 0.2) is 0 Å². The molecule has 86 valence electrons. The van der Waals surface area contributed by atoms with Gasteiger partial charge >= 0.3 is 5.97 Å². The summed E-state index contributed by atoms with van der Waals surface area (Å²) in [4.78, 5) is 10.8. The van der Waals surface area contributed by atoms with E-state index in [1.54, 1.807) is 0 Å². The molecule has 2 aliphatic rings. The van der Waals surface area contributed by atoms with E-state index in [2.05, 4.69) is 5.32 Å². The third-order valence-corrected chi connectivity index (χ3v) is 3.44. The summed E-state index contributed by atoms with van der Waals surface area (Å²) >= 11 is 0. The van der Waals surface area contributed by atoms with Gasteiger partial charge in [-0.15, -0.1) is 0 Å². The highest BCUT2D eigenvalue weighted by Crippen LogP contribution is 2.26. The molecule has 0 saturated carbocycles. The summed E-state index contributed by atoms with van der Waals surface area (Å²) in [5, 5.41) is 11.9. The molecule has 0 aliphatic carbocycles. The molecule has 2 saturated heterocycles. The van der Waals surface area contributed by atoms with Crippen molar-refractivity contribution in [2.45, 2.75) is 31.7 Å². The first-order valence-electron chi connectivity index (χ1n) is 5.79. The van der Waals surface area contributed by atoms with Crippen LogP contribution in [0.1, 0.15) is 25.7 Å². The molecule has 2 heterocycles. The number of hydrogen-bond acceptors (Lipinski definition) is 3. The Morgan fingerprint density at radius 3 is 2.93 bits per heavy atom. The van der Waals surface area contributed by atoms with Gasteiger partial charge in [-0.3, -0.25) is 4.79 Å². The van der Waals surface area contributed by atoms with Crippen molar-refractivity contribution in [1.29, 1.82) is 0 Å². The highest BCUT2D eigenvalue weighted by molar-refractivity contribution is 5.73. The quantitative estimate of drug-likeness (QED) is 0.730. The van der Waals surface area contributed by atoms with Crippen LogP contribution in [-0.2, 0) is 9.53 Å². The first-order chi connectivity index (χ1) is 7.25. The van der Waals surface area contributed by atoms with Crippen molar-refractivity contribution < 1.29 is 14.6 Å².